The summed E-state index contributed by atoms with van der Waals surface area (Å²) in [5.41, 5.74) is 0.282. The third kappa shape index (κ3) is 6.79. The minimum atomic E-state index is -0.791. The number of carbonyl (C=O) groups excluding carboxylic acids is 3. The van der Waals surface area contributed by atoms with Crippen molar-refractivity contribution in [3.8, 4) is 11.8 Å². The predicted molar refractivity (Wildman–Crippen MR) is 84.0 cm³/mol. The van der Waals surface area contributed by atoms with E-state index in [1.165, 1.54) is 6.07 Å². The number of benzene rings is 1. The van der Waals surface area contributed by atoms with E-state index in [9.17, 15) is 14.4 Å². The van der Waals surface area contributed by atoms with Crippen molar-refractivity contribution in [3.63, 3.8) is 0 Å². The maximum absolute atomic E-state index is 11.5. The van der Waals surface area contributed by atoms with Gasteiger partial charge in [-0.05, 0) is 25.5 Å². The van der Waals surface area contributed by atoms with Gasteiger partial charge in [0.05, 0.1) is 5.56 Å². The van der Waals surface area contributed by atoms with Crippen LogP contribution in [-0.2, 0) is 14.3 Å². The number of hydrogen-bond acceptors (Lipinski definition) is 6. The largest absolute Gasteiger partial charge is 0.481 e. The number of ether oxygens (including phenoxy) is 2. The molecule has 0 aliphatic carbocycles. The molecular formula is C16H19N3O5. The molecule has 1 atom stereocenters. The predicted octanol–water partition coefficient (Wildman–Crippen LogP) is 1.10. The van der Waals surface area contributed by atoms with Gasteiger partial charge in [0.15, 0.2) is 13.2 Å². The summed E-state index contributed by atoms with van der Waals surface area (Å²) in [5.74, 6) is -1.30. The molecule has 2 N–H and O–H groups in total. The molecule has 0 heterocycles. The average molecular weight is 333 g/mol. The minimum Gasteiger partial charge on any atom is -0.481 e. The van der Waals surface area contributed by atoms with Crippen LogP contribution in [0.25, 0.3) is 0 Å². The van der Waals surface area contributed by atoms with E-state index >= 15 is 0 Å². The molecule has 8 heteroatoms. The highest BCUT2D eigenvalue weighted by Gasteiger charge is 2.13. The monoisotopic (exact) mass is 333 g/mol. The fourth-order valence-corrected chi connectivity index (χ4v) is 1.53. The van der Waals surface area contributed by atoms with E-state index in [-0.39, 0.29) is 17.4 Å². The van der Waals surface area contributed by atoms with Crippen LogP contribution >= 0.6 is 0 Å². The molecule has 1 aromatic rings. The van der Waals surface area contributed by atoms with Crippen molar-refractivity contribution in [1.82, 2.24) is 10.6 Å². The van der Waals surface area contributed by atoms with E-state index < -0.39 is 31.1 Å². The number of rotatable bonds is 7. The summed E-state index contributed by atoms with van der Waals surface area (Å²) in [6.07, 6.45) is 0.720. The van der Waals surface area contributed by atoms with Crippen molar-refractivity contribution in [1.29, 1.82) is 5.26 Å². The van der Waals surface area contributed by atoms with Crippen molar-refractivity contribution in [3.05, 3.63) is 29.8 Å². The molecule has 0 spiro atoms. The second kappa shape index (κ2) is 9.84. The lowest BCUT2D eigenvalue weighted by Gasteiger charge is -2.12. The third-order valence-corrected chi connectivity index (χ3v) is 2.96. The second-order valence-electron chi connectivity index (χ2n) is 4.89. The summed E-state index contributed by atoms with van der Waals surface area (Å²) in [5, 5.41) is 13.5. The van der Waals surface area contributed by atoms with Crippen molar-refractivity contribution < 1.29 is 23.9 Å². The van der Waals surface area contributed by atoms with Gasteiger partial charge in [0.25, 0.3) is 5.91 Å². The van der Waals surface area contributed by atoms with Gasteiger partial charge in [-0.1, -0.05) is 19.1 Å². The van der Waals surface area contributed by atoms with Gasteiger partial charge in [-0.2, -0.15) is 5.26 Å². The highest BCUT2D eigenvalue weighted by atomic mass is 16.6. The van der Waals surface area contributed by atoms with Crippen molar-refractivity contribution in [2.24, 2.45) is 0 Å². The first-order valence-corrected chi connectivity index (χ1v) is 7.34. The molecule has 128 valence electrons. The van der Waals surface area contributed by atoms with Crippen LogP contribution in [-0.4, -0.2) is 37.2 Å². The highest BCUT2D eigenvalue weighted by molar-refractivity contribution is 5.95. The highest BCUT2D eigenvalue weighted by Crippen LogP contribution is 2.16. The molecule has 24 heavy (non-hydrogen) atoms. The Kier molecular flexibility index (Phi) is 7.78. The summed E-state index contributed by atoms with van der Waals surface area (Å²) < 4.78 is 9.85. The zero-order valence-electron chi connectivity index (χ0n) is 13.5. The maximum atomic E-state index is 11.5. The molecule has 1 aromatic carbocycles. The Labute approximate surface area is 139 Å². The van der Waals surface area contributed by atoms with E-state index in [0.29, 0.717) is 0 Å². The van der Waals surface area contributed by atoms with Crippen molar-refractivity contribution in [2.75, 3.05) is 13.2 Å². The number of hydrogen-bond donors (Lipinski definition) is 2. The van der Waals surface area contributed by atoms with Gasteiger partial charge in [-0.3, -0.25) is 10.1 Å². The number of urea groups is 1. The number of carbonyl (C=O) groups is 3. The van der Waals surface area contributed by atoms with E-state index in [1.807, 2.05) is 18.3 Å². The number of nitriles is 1. The molecule has 0 saturated heterocycles. The Balaban J connectivity index is 2.32. The number of imide groups is 1. The number of para-hydroxylation sites is 1. The number of esters is 1. The summed E-state index contributed by atoms with van der Waals surface area (Å²) in [6.45, 7) is 2.63. The standard InChI is InChI=1S/C16H19N3O5/c1-3-11(2)18-16(22)19-14(20)9-24-15(21)10-23-13-7-5-4-6-12(13)8-17/h4-7,11H,3,9-10H2,1-2H3,(H2,18,19,20,22)/t11-/m0/s1. The Morgan fingerprint density at radius 1 is 1.25 bits per heavy atom. The third-order valence-electron chi connectivity index (χ3n) is 2.96. The molecule has 0 unspecified atom stereocenters. The fraction of sp³-hybridized carbons (Fsp3) is 0.375. The molecule has 0 radical (unpaired) electrons. The van der Waals surface area contributed by atoms with Crippen LogP contribution in [0, 0.1) is 11.3 Å². The molecule has 0 saturated carbocycles. The Morgan fingerprint density at radius 2 is 1.96 bits per heavy atom. The van der Waals surface area contributed by atoms with Crippen LogP contribution < -0.4 is 15.4 Å². The van der Waals surface area contributed by atoms with E-state index in [2.05, 4.69) is 5.32 Å². The van der Waals surface area contributed by atoms with Crippen LogP contribution in [0.4, 0.5) is 4.79 Å². The van der Waals surface area contributed by atoms with Gasteiger partial charge in [-0.25, -0.2) is 9.59 Å². The van der Waals surface area contributed by atoms with Crippen LogP contribution in [0.3, 0.4) is 0 Å². The molecule has 0 aromatic heterocycles. The second-order valence-corrected chi connectivity index (χ2v) is 4.89. The Morgan fingerprint density at radius 3 is 2.62 bits per heavy atom. The van der Waals surface area contributed by atoms with E-state index in [0.717, 1.165) is 6.42 Å². The molecule has 1 rings (SSSR count). The van der Waals surface area contributed by atoms with Gasteiger partial charge in [0.1, 0.15) is 11.8 Å². The quantitative estimate of drug-likeness (QED) is 0.722. The average Bonchev–Trinajstić information content (AvgIpc) is 2.57. The van der Waals surface area contributed by atoms with Crippen molar-refractivity contribution >= 4 is 17.9 Å². The summed E-state index contributed by atoms with van der Waals surface area (Å²) in [6, 6.07) is 7.61. The zero-order chi connectivity index (χ0) is 17.9. The zero-order valence-corrected chi connectivity index (χ0v) is 13.5. The van der Waals surface area contributed by atoms with Gasteiger partial charge >= 0.3 is 12.0 Å². The van der Waals surface area contributed by atoms with Gasteiger partial charge in [0.2, 0.25) is 0 Å². The molecule has 0 bridgehead atoms. The molecular weight excluding hydrogens is 314 g/mol. The maximum Gasteiger partial charge on any atom is 0.344 e. The van der Waals surface area contributed by atoms with Crippen LogP contribution in [0.15, 0.2) is 24.3 Å². The van der Waals surface area contributed by atoms with Crippen LogP contribution in [0.1, 0.15) is 25.8 Å². The summed E-state index contributed by atoms with van der Waals surface area (Å²) in [7, 11) is 0. The number of nitrogens with zero attached hydrogens (tertiary/aromatic N) is 1. The lowest BCUT2D eigenvalue weighted by Crippen LogP contribution is -2.44. The molecule has 8 nitrogen and oxygen atoms in total. The lowest BCUT2D eigenvalue weighted by molar-refractivity contribution is -0.150. The SMILES string of the molecule is CC[C@H](C)NC(=O)NC(=O)COC(=O)COc1ccccc1C#N. The molecule has 0 fully saturated rings. The minimum absolute atomic E-state index is 0.0750. The van der Waals surface area contributed by atoms with E-state index in [1.54, 1.807) is 25.1 Å². The first-order valence-electron chi connectivity index (χ1n) is 7.34. The van der Waals surface area contributed by atoms with Crippen LogP contribution in [0.2, 0.25) is 0 Å². The van der Waals surface area contributed by atoms with Gasteiger partial charge < -0.3 is 14.8 Å². The first kappa shape index (κ1) is 19.0. The lowest BCUT2D eigenvalue weighted by atomic mass is 10.2. The van der Waals surface area contributed by atoms with Crippen LogP contribution in [0.5, 0.6) is 5.75 Å². The molecule has 3 amide bonds. The fourth-order valence-electron chi connectivity index (χ4n) is 1.53. The van der Waals surface area contributed by atoms with Gasteiger partial charge in [0, 0.05) is 6.04 Å². The van der Waals surface area contributed by atoms with Gasteiger partial charge in [-0.15, -0.1) is 0 Å². The summed E-state index contributed by atoms with van der Waals surface area (Å²) in [4.78, 5) is 34.4. The van der Waals surface area contributed by atoms with E-state index in [4.69, 9.17) is 14.7 Å². The van der Waals surface area contributed by atoms with Crippen molar-refractivity contribution in [2.45, 2.75) is 26.3 Å². The smallest absolute Gasteiger partial charge is 0.344 e. The number of nitrogens with one attached hydrogen (secondary N) is 2. The first-order chi connectivity index (χ1) is 11.5. The topological polar surface area (TPSA) is 118 Å². The number of amides is 3. The molecule has 0 aliphatic heterocycles. The molecule has 0 aliphatic rings. The Bertz CT molecular complexity index is 639. The normalized spacial score (nSPS) is 10.9. The summed E-state index contributed by atoms with van der Waals surface area (Å²) >= 11 is 0. The Hall–Kier alpha value is -3.08.